The standard InChI is InChI=1S/C29H31N5O/c1-22-31-18-27(34(22)19-23-7-10-25(30-2)11-8-23)20-33-15-13-29(21-35,14-16-33)17-26-12-9-24-5-3-4-6-28(24)32-26/h3-12,18,35H,13-17,19-21H2,1H3. The minimum Gasteiger partial charge on any atom is -0.396 e. The molecule has 3 heterocycles. The van der Waals surface area contributed by atoms with Crippen LogP contribution in [0.2, 0.25) is 0 Å². The number of aryl methyl sites for hydroxylation is 1. The molecule has 5 rings (SSSR count). The molecule has 1 fully saturated rings. The molecule has 0 atom stereocenters. The summed E-state index contributed by atoms with van der Waals surface area (Å²) in [4.78, 5) is 15.4. The molecule has 0 aliphatic carbocycles. The van der Waals surface area contributed by atoms with E-state index in [1.165, 1.54) is 11.3 Å². The third-order valence-electron chi connectivity index (χ3n) is 7.39. The fourth-order valence-corrected chi connectivity index (χ4v) is 5.11. The molecule has 1 saturated heterocycles. The third kappa shape index (κ3) is 5.12. The van der Waals surface area contributed by atoms with E-state index in [4.69, 9.17) is 11.6 Å². The Morgan fingerprint density at radius 2 is 1.77 bits per heavy atom. The van der Waals surface area contributed by atoms with Crippen LogP contribution in [-0.4, -0.2) is 44.2 Å². The molecular weight excluding hydrogens is 434 g/mol. The maximum absolute atomic E-state index is 10.4. The Bertz CT molecular complexity index is 1340. The molecule has 0 amide bonds. The second-order valence-electron chi connectivity index (χ2n) is 9.77. The highest BCUT2D eigenvalue weighted by Gasteiger charge is 2.35. The number of aromatic nitrogens is 3. The number of aliphatic hydroxyl groups is 1. The van der Waals surface area contributed by atoms with Gasteiger partial charge >= 0.3 is 0 Å². The summed E-state index contributed by atoms with van der Waals surface area (Å²) in [5.41, 5.74) is 4.99. The Kier molecular flexibility index (Phi) is 6.63. The topological polar surface area (TPSA) is 58.5 Å². The summed E-state index contributed by atoms with van der Waals surface area (Å²) in [5.74, 6) is 0.998. The van der Waals surface area contributed by atoms with Gasteiger partial charge < -0.3 is 9.67 Å². The van der Waals surface area contributed by atoms with Crippen molar-refractivity contribution in [3.05, 3.63) is 101 Å². The highest BCUT2D eigenvalue weighted by atomic mass is 16.3. The fourth-order valence-electron chi connectivity index (χ4n) is 5.11. The summed E-state index contributed by atoms with van der Waals surface area (Å²) in [6, 6.07) is 20.2. The predicted octanol–water partition coefficient (Wildman–Crippen LogP) is 5.16. The zero-order valence-corrected chi connectivity index (χ0v) is 20.2. The normalized spacial score (nSPS) is 15.8. The van der Waals surface area contributed by atoms with Crippen LogP contribution >= 0.6 is 0 Å². The maximum atomic E-state index is 10.4. The largest absolute Gasteiger partial charge is 0.396 e. The van der Waals surface area contributed by atoms with Crippen molar-refractivity contribution in [2.24, 2.45) is 5.41 Å². The number of rotatable bonds is 7. The minimum absolute atomic E-state index is 0.118. The van der Waals surface area contributed by atoms with Gasteiger partial charge in [0.1, 0.15) is 5.82 Å². The molecule has 1 N–H and O–H groups in total. The van der Waals surface area contributed by atoms with Crippen LogP contribution in [0.3, 0.4) is 0 Å². The predicted molar refractivity (Wildman–Crippen MR) is 138 cm³/mol. The van der Waals surface area contributed by atoms with E-state index in [-0.39, 0.29) is 12.0 Å². The number of piperidine rings is 1. The number of likely N-dealkylation sites (tertiary alicyclic amines) is 1. The summed E-state index contributed by atoms with van der Waals surface area (Å²) in [6.07, 6.45) is 4.68. The summed E-state index contributed by atoms with van der Waals surface area (Å²) in [5, 5.41) is 11.5. The number of hydrogen-bond acceptors (Lipinski definition) is 4. The molecule has 1 aliphatic rings. The van der Waals surface area contributed by atoms with Crippen LogP contribution in [0.25, 0.3) is 15.7 Å². The van der Waals surface area contributed by atoms with Gasteiger partial charge in [-0.25, -0.2) is 9.83 Å². The van der Waals surface area contributed by atoms with Gasteiger partial charge in [-0.2, -0.15) is 0 Å². The van der Waals surface area contributed by atoms with Crippen molar-refractivity contribution < 1.29 is 5.11 Å². The van der Waals surface area contributed by atoms with Crippen LogP contribution in [-0.2, 0) is 19.5 Å². The Morgan fingerprint density at radius 3 is 2.51 bits per heavy atom. The molecule has 35 heavy (non-hydrogen) atoms. The number of para-hydroxylation sites is 1. The molecule has 1 aliphatic heterocycles. The van der Waals surface area contributed by atoms with E-state index in [0.717, 1.165) is 67.9 Å². The average molecular weight is 466 g/mol. The van der Waals surface area contributed by atoms with Gasteiger partial charge in [0.2, 0.25) is 0 Å². The van der Waals surface area contributed by atoms with Crippen molar-refractivity contribution in [2.75, 3.05) is 19.7 Å². The van der Waals surface area contributed by atoms with Crippen LogP contribution in [0.5, 0.6) is 0 Å². The van der Waals surface area contributed by atoms with Gasteiger partial charge in [0.25, 0.3) is 0 Å². The number of pyridine rings is 1. The average Bonchev–Trinajstić information content (AvgIpc) is 3.24. The zero-order chi connectivity index (χ0) is 24.3. The molecule has 6 heteroatoms. The third-order valence-corrected chi connectivity index (χ3v) is 7.39. The lowest BCUT2D eigenvalue weighted by molar-refractivity contribution is 0.0399. The second-order valence-corrected chi connectivity index (χ2v) is 9.77. The molecule has 4 aromatic rings. The van der Waals surface area contributed by atoms with Crippen molar-refractivity contribution in [3.63, 3.8) is 0 Å². The Labute approximate surface area is 206 Å². The van der Waals surface area contributed by atoms with Crippen LogP contribution in [0.15, 0.2) is 66.9 Å². The Hall–Kier alpha value is -3.53. The van der Waals surface area contributed by atoms with E-state index in [1.54, 1.807) is 0 Å². The highest BCUT2D eigenvalue weighted by molar-refractivity contribution is 5.78. The minimum atomic E-state index is -0.118. The van der Waals surface area contributed by atoms with Crippen molar-refractivity contribution in [2.45, 2.75) is 39.3 Å². The molecule has 6 nitrogen and oxygen atoms in total. The number of hydrogen-bond donors (Lipinski definition) is 1. The summed E-state index contributed by atoms with van der Waals surface area (Å²) in [6.45, 7) is 12.9. The van der Waals surface area contributed by atoms with E-state index < -0.39 is 0 Å². The van der Waals surface area contributed by atoms with Crippen LogP contribution in [0.4, 0.5) is 5.69 Å². The number of aliphatic hydroxyl groups excluding tert-OH is 1. The second kappa shape index (κ2) is 9.99. The number of fused-ring (bicyclic) bond motifs is 1. The van der Waals surface area contributed by atoms with E-state index in [9.17, 15) is 5.11 Å². The first kappa shape index (κ1) is 23.2. The first-order valence-electron chi connectivity index (χ1n) is 12.2. The first-order valence-corrected chi connectivity index (χ1v) is 12.2. The molecule has 0 saturated carbocycles. The molecule has 0 radical (unpaired) electrons. The lowest BCUT2D eigenvalue weighted by Gasteiger charge is -2.40. The molecule has 2 aromatic heterocycles. The smallest absolute Gasteiger partial charge is 0.187 e. The number of nitrogens with zero attached hydrogens (tertiary/aromatic N) is 5. The number of benzene rings is 2. The van der Waals surface area contributed by atoms with Crippen molar-refractivity contribution >= 4 is 16.6 Å². The number of imidazole rings is 1. The van der Waals surface area contributed by atoms with E-state index in [1.807, 2.05) is 49.5 Å². The van der Waals surface area contributed by atoms with Gasteiger partial charge in [0.05, 0.1) is 17.8 Å². The Balaban J connectivity index is 1.24. The van der Waals surface area contributed by atoms with Gasteiger partial charge in [0, 0.05) is 42.4 Å². The van der Waals surface area contributed by atoms with Crippen LogP contribution < -0.4 is 0 Å². The van der Waals surface area contributed by atoms with Gasteiger partial charge in [-0.3, -0.25) is 9.88 Å². The molecule has 0 bridgehead atoms. The van der Waals surface area contributed by atoms with Crippen LogP contribution in [0.1, 0.15) is 35.6 Å². The summed E-state index contributed by atoms with van der Waals surface area (Å²) >= 11 is 0. The molecule has 0 unspecified atom stereocenters. The van der Waals surface area contributed by atoms with Gasteiger partial charge in [-0.1, -0.05) is 48.5 Å². The quantitative estimate of drug-likeness (QED) is 0.383. The van der Waals surface area contributed by atoms with Crippen molar-refractivity contribution in [3.8, 4) is 0 Å². The van der Waals surface area contributed by atoms with E-state index in [2.05, 4.69) is 43.6 Å². The lowest BCUT2D eigenvalue weighted by Crippen LogP contribution is -2.43. The molecule has 178 valence electrons. The van der Waals surface area contributed by atoms with Gasteiger partial charge in [-0.05, 0) is 57.0 Å². The highest BCUT2D eigenvalue weighted by Crippen LogP contribution is 2.35. The van der Waals surface area contributed by atoms with Crippen LogP contribution in [0, 0.1) is 18.9 Å². The van der Waals surface area contributed by atoms with Crippen molar-refractivity contribution in [1.29, 1.82) is 0 Å². The first-order chi connectivity index (χ1) is 17.1. The summed E-state index contributed by atoms with van der Waals surface area (Å²) < 4.78 is 2.26. The van der Waals surface area contributed by atoms with Gasteiger partial charge in [0.15, 0.2) is 5.69 Å². The monoisotopic (exact) mass is 465 g/mol. The van der Waals surface area contributed by atoms with Crippen molar-refractivity contribution in [1.82, 2.24) is 19.4 Å². The lowest BCUT2D eigenvalue weighted by atomic mass is 9.75. The Morgan fingerprint density at radius 1 is 1.00 bits per heavy atom. The SMILES string of the molecule is [C-]#[N+]c1ccc(Cn2c(CN3CCC(CO)(Cc4ccc5ccccc5n4)CC3)cnc2C)cc1. The zero-order valence-electron chi connectivity index (χ0n) is 20.2. The van der Waals surface area contributed by atoms with E-state index >= 15 is 0 Å². The van der Waals surface area contributed by atoms with E-state index in [0.29, 0.717) is 5.69 Å². The molecule has 0 spiro atoms. The molecular formula is C29H31N5O. The fraction of sp³-hybridized carbons (Fsp3) is 0.345. The van der Waals surface area contributed by atoms with Gasteiger partial charge in [-0.15, -0.1) is 0 Å². The summed E-state index contributed by atoms with van der Waals surface area (Å²) in [7, 11) is 0. The maximum Gasteiger partial charge on any atom is 0.187 e. The molecule has 2 aromatic carbocycles.